The maximum absolute atomic E-state index is 4.71. The average Bonchev–Trinajstić information content (AvgIpc) is 3.30. The van der Waals surface area contributed by atoms with Crippen LogP contribution in [0.3, 0.4) is 0 Å². The van der Waals surface area contributed by atoms with Gasteiger partial charge in [0.25, 0.3) is 0 Å². The summed E-state index contributed by atoms with van der Waals surface area (Å²) in [4.78, 5) is 11.5. The van der Waals surface area contributed by atoms with E-state index in [1.54, 1.807) is 6.20 Å². The second-order valence-electron chi connectivity index (χ2n) is 8.95. The molecule has 2 aliphatic heterocycles. The first-order valence-corrected chi connectivity index (χ1v) is 11.1. The van der Waals surface area contributed by atoms with Crippen molar-refractivity contribution in [3.05, 3.63) is 90.0 Å². The minimum Gasteiger partial charge on any atom is -0.372 e. The second kappa shape index (κ2) is 6.86. The Bertz CT molecular complexity index is 1360. The van der Waals surface area contributed by atoms with Crippen LogP contribution >= 0.6 is 0 Å². The highest BCUT2D eigenvalue weighted by Gasteiger charge is 2.42. The molecule has 0 aliphatic carbocycles. The summed E-state index contributed by atoms with van der Waals surface area (Å²) < 4.78 is 2.18. The van der Waals surface area contributed by atoms with Gasteiger partial charge >= 0.3 is 0 Å². The summed E-state index contributed by atoms with van der Waals surface area (Å²) in [6, 6.07) is 18.0. The molecule has 5 nitrogen and oxygen atoms in total. The van der Waals surface area contributed by atoms with E-state index in [1.165, 1.54) is 16.9 Å². The number of rotatable bonds is 2. The van der Waals surface area contributed by atoms with E-state index in [4.69, 9.17) is 4.98 Å². The molecule has 158 valence electrons. The van der Waals surface area contributed by atoms with Crippen LogP contribution in [0.15, 0.2) is 55.2 Å². The highest BCUT2D eigenvalue weighted by atomic mass is 15.2. The van der Waals surface area contributed by atoms with Crippen LogP contribution < -0.4 is 5.32 Å². The Hall–Kier alpha value is -3.78. The number of aryl methyl sites for hydroxylation is 2. The molecule has 1 N–H and O–H groups in total. The van der Waals surface area contributed by atoms with E-state index < -0.39 is 0 Å². The van der Waals surface area contributed by atoms with E-state index >= 15 is 0 Å². The lowest BCUT2D eigenvalue weighted by Gasteiger charge is -2.47. The molecular weight excluding hydrogens is 394 g/mol. The highest BCUT2D eigenvalue weighted by Crippen LogP contribution is 2.44. The van der Waals surface area contributed by atoms with Gasteiger partial charge < -0.3 is 10.2 Å². The molecule has 1 spiro atoms. The molecule has 4 aromatic rings. The third kappa shape index (κ3) is 2.80. The van der Waals surface area contributed by atoms with Gasteiger partial charge in [-0.2, -0.15) is 0 Å². The number of pyridine rings is 2. The molecule has 3 aromatic heterocycles. The fourth-order valence-corrected chi connectivity index (χ4v) is 5.20. The SMILES string of the molecule is C=C(c1cc2cccnc2nc1C)N1CCC2(CC1)Nc1cc(C)ccc1-n1c#ccc12. The zero-order chi connectivity index (χ0) is 21.9. The molecule has 32 heavy (non-hydrogen) atoms. The van der Waals surface area contributed by atoms with Crippen LogP contribution in [0.5, 0.6) is 0 Å². The van der Waals surface area contributed by atoms with Gasteiger partial charge in [-0.15, -0.1) is 0 Å². The normalized spacial score (nSPS) is 16.2. The summed E-state index contributed by atoms with van der Waals surface area (Å²) in [6.45, 7) is 10.5. The van der Waals surface area contributed by atoms with Crippen LogP contribution in [0.25, 0.3) is 22.4 Å². The molecule has 0 radical (unpaired) electrons. The number of likely N-dealkylation sites (tertiary alicyclic amines) is 1. The quantitative estimate of drug-likeness (QED) is 0.495. The molecule has 5 heterocycles. The first kappa shape index (κ1) is 18.9. The van der Waals surface area contributed by atoms with Crippen molar-refractivity contribution in [2.45, 2.75) is 32.2 Å². The fourth-order valence-electron chi connectivity index (χ4n) is 5.20. The Kier molecular flexibility index (Phi) is 4.06. The molecule has 0 amide bonds. The first-order valence-electron chi connectivity index (χ1n) is 11.1. The van der Waals surface area contributed by atoms with E-state index in [0.717, 1.165) is 59.6 Å². The maximum Gasteiger partial charge on any atom is 0.159 e. The third-order valence-corrected chi connectivity index (χ3v) is 6.97. The predicted molar refractivity (Wildman–Crippen MR) is 128 cm³/mol. The smallest absolute Gasteiger partial charge is 0.159 e. The Morgan fingerprint density at radius 2 is 2.00 bits per heavy atom. The second-order valence-corrected chi connectivity index (χ2v) is 8.95. The lowest BCUT2D eigenvalue weighted by molar-refractivity contribution is 0.230. The van der Waals surface area contributed by atoms with Crippen LogP contribution in [0.1, 0.15) is 35.4 Å². The number of piperidine rings is 1. The Labute approximate surface area is 188 Å². The van der Waals surface area contributed by atoms with E-state index in [2.05, 4.69) is 81.9 Å². The monoisotopic (exact) mass is 419 g/mol. The van der Waals surface area contributed by atoms with Crippen LogP contribution in [0, 0.1) is 26.1 Å². The molecular formula is C27H25N5. The zero-order valence-electron chi connectivity index (χ0n) is 18.4. The maximum atomic E-state index is 4.71. The fraction of sp³-hybridized carbons (Fsp3) is 0.259. The lowest BCUT2D eigenvalue weighted by Crippen LogP contribution is -2.49. The van der Waals surface area contributed by atoms with Crippen molar-refractivity contribution in [3.63, 3.8) is 0 Å². The topological polar surface area (TPSA) is 46.0 Å². The van der Waals surface area contributed by atoms with Crippen molar-refractivity contribution in [2.75, 3.05) is 18.4 Å². The molecule has 0 unspecified atom stereocenters. The number of anilines is 1. The minimum atomic E-state index is -0.116. The molecule has 6 rings (SSSR count). The van der Waals surface area contributed by atoms with Gasteiger partial charge in [0.2, 0.25) is 0 Å². The van der Waals surface area contributed by atoms with Gasteiger partial charge in [-0.25, -0.2) is 9.97 Å². The van der Waals surface area contributed by atoms with E-state index in [0.29, 0.717) is 0 Å². The Morgan fingerprint density at radius 1 is 1.16 bits per heavy atom. The summed E-state index contributed by atoms with van der Waals surface area (Å²) in [7, 11) is 0. The van der Waals surface area contributed by atoms with Gasteiger partial charge in [0.15, 0.2) is 5.65 Å². The molecule has 5 heteroatoms. The molecule has 0 saturated carbocycles. The zero-order valence-corrected chi connectivity index (χ0v) is 18.4. The van der Waals surface area contributed by atoms with Crippen LogP contribution in [0.2, 0.25) is 0 Å². The standard InChI is InChI=1S/C27H25N5/c1-18-8-9-24-23(16-18)30-27(25-7-5-13-32(24)25)10-14-31(15-11-27)20(3)22-17-21-6-4-12-28-26(21)29-19(22)2/h4,6-9,12,16-17,30H,3,10-11,14-15H2,1-2H3. The van der Waals surface area contributed by atoms with Crippen molar-refractivity contribution in [1.82, 2.24) is 19.4 Å². The van der Waals surface area contributed by atoms with Gasteiger partial charge in [0.1, 0.15) is 0 Å². The number of hydrogen-bond donors (Lipinski definition) is 1. The third-order valence-electron chi connectivity index (χ3n) is 6.97. The van der Waals surface area contributed by atoms with Crippen LogP contribution in [-0.4, -0.2) is 32.5 Å². The summed E-state index contributed by atoms with van der Waals surface area (Å²) in [5.74, 6) is 0. The molecule has 0 bridgehead atoms. The lowest BCUT2D eigenvalue weighted by atomic mass is 9.82. The van der Waals surface area contributed by atoms with E-state index in [1.807, 2.05) is 13.0 Å². The number of hydrogen-bond acceptors (Lipinski definition) is 4. The van der Waals surface area contributed by atoms with E-state index in [-0.39, 0.29) is 5.54 Å². The first-order chi connectivity index (χ1) is 15.5. The van der Waals surface area contributed by atoms with Gasteiger partial charge in [0.05, 0.1) is 22.6 Å². The van der Waals surface area contributed by atoms with Crippen LogP contribution in [0.4, 0.5) is 5.69 Å². The van der Waals surface area contributed by atoms with Gasteiger partial charge in [-0.1, -0.05) is 12.6 Å². The largest absolute Gasteiger partial charge is 0.372 e. The Morgan fingerprint density at radius 3 is 2.84 bits per heavy atom. The number of nitrogens with one attached hydrogen (secondary N) is 1. The minimum absolute atomic E-state index is 0.116. The molecule has 2 aliphatic rings. The van der Waals surface area contributed by atoms with Crippen molar-refractivity contribution in [1.29, 1.82) is 0 Å². The molecule has 1 aromatic carbocycles. The molecule has 1 saturated heterocycles. The van der Waals surface area contributed by atoms with Crippen molar-refractivity contribution in [2.24, 2.45) is 0 Å². The van der Waals surface area contributed by atoms with Gasteiger partial charge in [-0.3, -0.25) is 4.57 Å². The number of fused-ring (bicyclic) bond motifs is 5. The van der Waals surface area contributed by atoms with Gasteiger partial charge in [-0.05, 0) is 68.7 Å². The predicted octanol–water partition coefficient (Wildman–Crippen LogP) is 5.03. The average molecular weight is 420 g/mol. The summed E-state index contributed by atoms with van der Waals surface area (Å²) in [6.07, 6.45) is 7.04. The van der Waals surface area contributed by atoms with Gasteiger partial charge in [0, 0.05) is 53.9 Å². The Balaban J connectivity index is 1.29. The number of nitrogens with zero attached hydrogens (tertiary/aromatic N) is 4. The summed E-state index contributed by atoms with van der Waals surface area (Å²) >= 11 is 0. The van der Waals surface area contributed by atoms with Crippen molar-refractivity contribution < 1.29 is 0 Å². The number of benzene rings is 1. The van der Waals surface area contributed by atoms with Crippen molar-refractivity contribution >= 4 is 22.4 Å². The summed E-state index contributed by atoms with van der Waals surface area (Å²) in [5.41, 5.74) is 8.60. The molecule has 0 atom stereocenters. The van der Waals surface area contributed by atoms with Crippen molar-refractivity contribution in [3.8, 4) is 5.69 Å². The van der Waals surface area contributed by atoms with E-state index in [9.17, 15) is 0 Å². The molecule has 1 fully saturated rings. The number of aromatic nitrogens is 3. The van der Waals surface area contributed by atoms with Crippen LogP contribution in [-0.2, 0) is 5.54 Å². The highest BCUT2D eigenvalue weighted by molar-refractivity contribution is 5.80. The summed E-state index contributed by atoms with van der Waals surface area (Å²) in [5, 5.41) is 4.94.